The molecule has 20 heavy (non-hydrogen) atoms. The molecule has 0 radical (unpaired) electrons. The minimum absolute atomic E-state index is 0.0974. The molecule has 0 saturated heterocycles. The average Bonchev–Trinajstić information content (AvgIpc) is 2.44. The van der Waals surface area contributed by atoms with Crippen molar-refractivity contribution in [2.75, 3.05) is 11.9 Å². The van der Waals surface area contributed by atoms with E-state index in [2.05, 4.69) is 24.1 Å². The first kappa shape index (κ1) is 16.2. The number of unbranched alkanes of at least 4 members (excludes halogenated alkanes) is 3. The zero-order chi connectivity index (χ0) is 14.8. The largest absolute Gasteiger partial charge is 0.384 e. The van der Waals surface area contributed by atoms with E-state index in [1.165, 1.54) is 18.2 Å². The van der Waals surface area contributed by atoms with Gasteiger partial charge in [-0.15, -0.1) is 0 Å². The number of benzene rings is 1. The molecule has 0 aliphatic carbocycles. The third-order valence-electron chi connectivity index (χ3n) is 2.82. The lowest BCUT2D eigenvalue weighted by atomic mass is 10.1. The maximum atomic E-state index is 13.2. The van der Waals surface area contributed by atoms with E-state index in [-0.39, 0.29) is 12.5 Å². The number of carbonyl (C=O) groups excluding carboxylic acids is 1. The van der Waals surface area contributed by atoms with E-state index in [1.807, 2.05) is 0 Å². The molecule has 1 amide bonds. The van der Waals surface area contributed by atoms with Gasteiger partial charge in [0.1, 0.15) is 12.4 Å². The maximum absolute atomic E-state index is 13.2. The molecule has 2 N–H and O–H groups in total. The smallest absolute Gasteiger partial charge is 0.224 e. The number of hydrogen-bond donors (Lipinski definition) is 2. The quantitative estimate of drug-likeness (QED) is 0.620. The summed E-state index contributed by atoms with van der Waals surface area (Å²) in [6.45, 7) is 1.81. The van der Waals surface area contributed by atoms with Gasteiger partial charge in [-0.3, -0.25) is 4.79 Å². The van der Waals surface area contributed by atoms with Gasteiger partial charge in [-0.1, -0.05) is 38.0 Å². The predicted molar refractivity (Wildman–Crippen MR) is 77.8 cm³/mol. The highest BCUT2D eigenvalue weighted by Crippen LogP contribution is 2.16. The summed E-state index contributed by atoms with van der Waals surface area (Å²) in [5, 5.41) is 11.4. The van der Waals surface area contributed by atoms with Crippen molar-refractivity contribution in [1.82, 2.24) is 0 Å². The highest BCUT2D eigenvalue weighted by Gasteiger charge is 2.06. The molecule has 1 aromatic rings. The van der Waals surface area contributed by atoms with Crippen LogP contribution in [0, 0.1) is 17.7 Å². The van der Waals surface area contributed by atoms with Crippen LogP contribution in [0.2, 0.25) is 0 Å². The Morgan fingerprint density at radius 2 is 2.15 bits per heavy atom. The molecule has 0 heterocycles. The summed E-state index contributed by atoms with van der Waals surface area (Å²) in [6.07, 6.45) is 4.57. The van der Waals surface area contributed by atoms with Crippen LogP contribution in [0.25, 0.3) is 0 Å². The van der Waals surface area contributed by atoms with Gasteiger partial charge >= 0.3 is 0 Å². The van der Waals surface area contributed by atoms with Crippen LogP contribution in [0.5, 0.6) is 0 Å². The molecule has 4 heteroatoms. The van der Waals surface area contributed by atoms with Gasteiger partial charge in [-0.2, -0.15) is 0 Å². The number of rotatable bonds is 6. The second-order valence-corrected chi connectivity index (χ2v) is 4.51. The molecule has 0 spiro atoms. The van der Waals surface area contributed by atoms with Crippen LogP contribution in [0.1, 0.15) is 44.6 Å². The SMILES string of the molecule is CCCCCCC(=O)Nc1ccc(F)cc1C#CCO. The molecule has 3 nitrogen and oxygen atoms in total. The summed E-state index contributed by atoms with van der Waals surface area (Å²) < 4.78 is 13.2. The highest BCUT2D eigenvalue weighted by atomic mass is 19.1. The first-order chi connectivity index (χ1) is 9.67. The molecule has 0 saturated carbocycles. The van der Waals surface area contributed by atoms with Gasteiger partial charge in [0.05, 0.1) is 11.3 Å². The molecule has 1 rings (SSSR count). The van der Waals surface area contributed by atoms with Crippen molar-refractivity contribution in [3.63, 3.8) is 0 Å². The molecular weight excluding hydrogens is 257 g/mol. The van der Waals surface area contributed by atoms with Crippen LogP contribution in [0.15, 0.2) is 18.2 Å². The van der Waals surface area contributed by atoms with E-state index in [0.29, 0.717) is 17.7 Å². The summed E-state index contributed by atoms with van der Waals surface area (Å²) in [4.78, 5) is 11.8. The second-order valence-electron chi connectivity index (χ2n) is 4.51. The summed E-state index contributed by atoms with van der Waals surface area (Å²) in [5.41, 5.74) is 0.855. The van der Waals surface area contributed by atoms with Gasteiger partial charge in [-0.05, 0) is 24.6 Å². The third-order valence-corrected chi connectivity index (χ3v) is 2.82. The fraction of sp³-hybridized carbons (Fsp3) is 0.438. The van der Waals surface area contributed by atoms with Crippen LogP contribution in [-0.2, 0) is 4.79 Å². The molecule has 0 fully saturated rings. The molecule has 0 atom stereocenters. The number of anilines is 1. The van der Waals surface area contributed by atoms with Crippen molar-refractivity contribution < 1.29 is 14.3 Å². The lowest BCUT2D eigenvalue weighted by Gasteiger charge is -2.07. The molecule has 0 aliphatic rings. The number of aliphatic hydroxyl groups excluding tert-OH is 1. The van der Waals surface area contributed by atoms with E-state index in [0.717, 1.165) is 25.7 Å². The van der Waals surface area contributed by atoms with E-state index >= 15 is 0 Å². The number of halogens is 1. The monoisotopic (exact) mass is 277 g/mol. The summed E-state index contributed by atoms with van der Waals surface area (Å²) >= 11 is 0. The lowest BCUT2D eigenvalue weighted by Crippen LogP contribution is -2.12. The molecule has 0 bridgehead atoms. The van der Waals surface area contributed by atoms with Gasteiger partial charge in [0.25, 0.3) is 0 Å². The van der Waals surface area contributed by atoms with E-state index in [9.17, 15) is 9.18 Å². The van der Waals surface area contributed by atoms with Gasteiger partial charge in [-0.25, -0.2) is 4.39 Å². The Morgan fingerprint density at radius 3 is 2.85 bits per heavy atom. The molecule has 1 aromatic carbocycles. The molecule has 0 aromatic heterocycles. The Balaban J connectivity index is 2.64. The average molecular weight is 277 g/mol. The molecular formula is C16H20FNO2. The number of amides is 1. The van der Waals surface area contributed by atoms with Crippen LogP contribution >= 0.6 is 0 Å². The van der Waals surface area contributed by atoms with Crippen LogP contribution in [0.3, 0.4) is 0 Å². The van der Waals surface area contributed by atoms with Crippen molar-refractivity contribution in [2.24, 2.45) is 0 Å². The van der Waals surface area contributed by atoms with E-state index < -0.39 is 5.82 Å². The minimum Gasteiger partial charge on any atom is -0.384 e. The van der Waals surface area contributed by atoms with Crippen LogP contribution < -0.4 is 5.32 Å². The molecule has 108 valence electrons. The number of nitrogens with one attached hydrogen (secondary N) is 1. The Labute approximate surface area is 119 Å². The van der Waals surface area contributed by atoms with Gasteiger partial charge in [0, 0.05) is 6.42 Å². The number of aliphatic hydroxyl groups is 1. The summed E-state index contributed by atoms with van der Waals surface area (Å²) in [7, 11) is 0. The third kappa shape index (κ3) is 5.85. The van der Waals surface area contributed by atoms with Crippen molar-refractivity contribution >= 4 is 11.6 Å². The Bertz CT molecular complexity index is 503. The Morgan fingerprint density at radius 1 is 1.35 bits per heavy atom. The van der Waals surface area contributed by atoms with Crippen molar-refractivity contribution in [3.05, 3.63) is 29.6 Å². The fourth-order valence-electron chi connectivity index (χ4n) is 1.79. The second kappa shape index (κ2) is 9.11. The van der Waals surface area contributed by atoms with Gasteiger partial charge in [0.15, 0.2) is 0 Å². The van der Waals surface area contributed by atoms with Crippen molar-refractivity contribution in [1.29, 1.82) is 0 Å². The molecule has 0 aliphatic heterocycles. The normalized spacial score (nSPS) is 9.75. The highest BCUT2D eigenvalue weighted by molar-refractivity contribution is 5.92. The fourth-order valence-corrected chi connectivity index (χ4v) is 1.79. The van der Waals surface area contributed by atoms with Crippen molar-refractivity contribution in [3.8, 4) is 11.8 Å². The van der Waals surface area contributed by atoms with Gasteiger partial charge < -0.3 is 10.4 Å². The zero-order valence-electron chi connectivity index (χ0n) is 11.7. The maximum Gasteiger partial charge on any atom is 0.224 e. The first-order valence-corrected chi connectivity index (χ1v) is 6.86. The summed E-state index contributed by atoms with van der Waals surface area (Å²) in [6, 6.07) is 4.01. The predicted octanol–water partition coefficient (Wildman–Crippen LogP) is 3.08. The topological polar surface area (TPSA) is 49.3 Å². The van der Waals surface area contributed by atoms with Crippen LogP contribution in [-0.4, -0.2) is 17.6 Å². The van der Waals surface area contributed by atoms with Gasteiger partial charge in [0.2, 0.25) is 5.91 Å². The molecule has 0 unspecified atom stereocenters. The standard InChI is InChI=1S/C16H20FNO2/c1-2-3-4-5-8-16(20)18-15-10-9-14(17)12-13(15)7-6-11-19/h9-10,12,19H,2-5,8,11H2,1H3,(H,18,20). The van der Waals surface area contributed by atoms with Crippen molar-refractivity contribution in [2.45, 2.75) is 39.0 Å². The zero-order valence-corrected chi connectivity index (χ0v) is 11.7. The Hall–Kier alpha value is -1.86. The minimum atomic E-state index is -0.423. The van der Waals surface area contributed by atoms with Crippen LogP contribution in [0.4, 0.5) is 10.1 Å². The van der Waals surface area contributed by atoms with E-state index in [4.69, 9.17) is 5.11 Å². The summed E-state index contributed by atoms with van der Waals surface area (Å²) in [5.74, 6) is 4.56. The first-order valence-electron chi connectivity index (χ1n) is 6.86. The Kier molecular flexibility index (Phi) is 7.38. The number of carbonyl (C=O) groups is 1. The number of hydrogen-bond acceptors (Lipinski definition) is 2. The lowest BCUT2D eigenvalue weighted by molar-refractivity contribution is -0.116. The van der Waals surface area contributed by atoms with E-state index in [1.54, 1.807) is 0 Å².